The Bertz CT molecular complexity index is 1350. The maximum atomic E-state index is 14.1. The number of aliphatic carboxylic acids is 1. The van der Waals surface area contributed by atoms with Gasteiger partial charge >= 0.3 is 5.97 Å². The topological polar surface area (TPSA) is 102 Å². The minimum Gasteiger partial charge on any atom is -0.497 e. The zero-order valence-electron chi connectivity index (χ0n) is 19.1. The summed E-state index contributed by atoms with van der Waals surface area (Å²) in [5, 5.41) is 8.97. The van der Waals surface area contributed by atoms with Gasteiger partial charge in [0.05, 0.1) is 19.1 Å². The average molecular weight is 508 g/mol. The Kier molecular flexibility index (Phi) is 7.92. The quantitative estimate of drug-likeness (QED) is 0.444. The molecule has 3 aromatic carbocycles. The summed E-state index contributed by atoms with van der Waals surface area (Å²) in [6.07, 6.45) is 0. The Labute approximate surface area is 201 Å². The molecule has 3 rings (SSSR count). The second-order valence-electron chi connectivity index (χ2n) is 7.45. The molecule has 0 heterocycles. The number of methoxy groups -OCH3 is 2. The molecule has 0 aromatic heterocycles. The van der Waals surface area contributed by atoms with E-state index in [1.54, 1.807) is 12.1 Å². The van der Waals surface area contributed by atoms with Crippen LogP contribution in [-0.4, -0.2) is 51.7 Å². The summed E-state index contributed by atoms with van der Waals surface area (Å²) in [7, 11) is -0.0860. The van der Waals surface area contributed by atoms with Gasteiger partial charge in [0.25, 0.3) is 0 Å². The summed E-state index contributed by atoms with van der Waals surface area (Å²) < 4.78 is 70.5. The molecule has 35 heavy (non-hydrogen) atoms. The van der Waals surface area contributed by atoms with Crippen molar-refractivity contribution in [3.05, 3.63) is 71.8 Å². The smallest absolute Gasteiger partial charge is 0.341 e. The van der Waals surface area contributed by atoms with Gasteiger partial charge in [-0.05, 0) is 53.6 Å². The van der Waals surface area contributed by atoms with Crippen LogP contribution in [0.15, 0.2) is 59.5 Å². The van der Waals surface area contributed by atoms with Crippen LogP contribution in [0, 0.1) is 11.6 Å². The van der Waals surface area contributed by atoms with Gasteiger partial charge in [0.2, 0.25) is 10.0 Å². The number of hydrogen-bond acceptors (Lipinski definition) is 6. The second-order valence-corrected chi connectivity index (χ2v) is 9.49. The molecule has 0 unspecified atom stereocenters. The maximum absolute atomic E-state index is 14.1. The van der Waals surface area contributed by atoms with Crippen LogP contribution in [0.1, 0.15) is 5.56 Å². The molecule has 3 aromatic rings. The van der Waals surface area contributed by atoms with Crippen molar-refractivity contribution in [3.63, 3.8) is 0 Å². The van der Waals surface area contributed by atoms with Gasteiger partial charge in [0.15, 0.2) is 18.2 Å². The number of hydrogen-bond donors (Lipinski definition) is 1. The number of carbonyl (C=O) groups is 1. The minimum atomic E-state index is -4.06. The number of benzene rings is 3. The van der Waals surface area contributed by atoms with Crippen LogP contribution in [0.4, 0.5) is 8.78 Å². The number of nitrogens with zero attached hydrogens (tertiary/aromatic N) is 1. The van der Waals surface area contributed by atoms with Crippen molar-refractivity contribution in [1.29, 1.82) is 0 Å². The number of rotatable bonds is 10. The fourth-order valence-corrected chi connectivity index (χ4v) is 4.50. The lowest BCUT2D eigenvalue weighted by Crippen LogP contribution is -2.26. The van der Waals surface area contributed by atoms with Gasteiger partial charge in [-0.1, -0.05) is 6.07 Å². The fourth-order valence-electron chi connectivity index (χ4n) is 3.33. The van der Waals surface area contributed by atoms with Crippen molar-refractivity contribution >= 4 is 16.0 Å². The number of sulfonamides is 1. The highest BCUT2D eigenvalue weighted by Gasteiger charge is 2.23. The van der Waals surface area contributed by atoms with E-state index in [0.717, 1.165) is 10.4 Å². The van der Waals surface area contributed by atoms with Crippen molar-refractivity contribution in [1.82, 2.24) is 4.31 Å². The molecule has 186 valence electrons. The van der Waals surface area contributed by atoms with Crippen LogP contribution < -0.4 is 14.2 Å². The molecule has 8 nitrogen and oxygen atoms in total. The molecule has 0 aliphatic heterocycles. The highest BCUT2D eigenvalue weighted by Crippen LogP contribution is 2.34. The predicted octanol–water partition coefficient (Wildman–Crippen LogP) is 3.93. The maximum Gasteiger partial charge on any atom is 0.341 e. The lowest BCUT2D eigenvalue weighted by Gasteiger charge is -2.19. The number of carboxylic acids is 1. The van der Waals surface area contributed by atoms with Gasteiger partial charge in [-0.3, -0.25) is 0 Å². The average Bonchev–Trinajstić information content (AvgIpc) is 2.82. The third-order valence-corrected chi connectivity index (χ3v) is 6.85. The molecule has 0 amide bonds. The molecule has 0 fully saturated rings. The molecule has 11 heteroatoms. The molecule has 0 spiro atoms. The molecule has 0 radical (unpaired) electrons. The van der Waals surface area contributed by atoms with Gasteiger partial charge in [-0.2, -0.15) is 4.31 Å². The first-order valence-electron chi connectivity index (χ1n) is 10.2. The molecular formula is C24H23F2NO7S. The summed E-state index contributed by atoms with van der Waals surface area (Å²) in [5.41, 5.74) is 1.17. The monoisotopic (exact) mass is 507 g/mol. The van der Waals surface area contributed by atoms with Crippen LogP contribution in [-0.2, 0) is 21.4 Å². The standard InChI is InChI=1S/C24H23F2NO7S/c1-27(35(30,31)19-5-7-23(33-3)21(26)12-19)13-15-4-6-22(34-14-24(28)29)20(8-15)16-9-17(25)11-18(10-16)32-2/h4-12H,13-14H2,1-3H3,(H,28,29). The Hall–Kier alpha value is -3.70. The highest BCUT2D eigenvalue weighted by atomic mass is 32.2. The molecule has 0 aliphatic carbocycles. The van der Waals surface area contributed by atoms with E-state index in [1.807, 2.05) is 0 Å². The van der Waals surface area contributed by atoms with E-state index in [-0.39, 0.29) is 28.7 Å². The van der Waals surface area contributed by atoms with Crippen molar-refractivity contribution in [2.75, 3.05) is 27.9 Å². The van der Waals surface area contributed by atoms with Crippen LogP contribution in [0.25, 0.3) is 11.1 Å². The van der Waals surface area contributed by atoms with Crippen molar-refractivity contribution in [2.45, 2.75) is 11.4 Å². The van der Waals surface area contributed by atoms with E-state index in [9.17, 15) is 22.0 Å². The lowest BCUT2D eigenvalue weighted by atomic mass is 10.0. The molecule has 0 saturated heterocycles. The van der Waals surface area contributed by atoms with Crippen molar-refractivity contribution in [3.8, 4) is 28.4 Å². The second kappa shape index (κ2) is 10.7. The first-order valence-corrected chi connectivity index (χ1v) is 11.6. The lowest BCUT2D eigenvalue weighted by molar-refractivity contribution is -0.139. The van der Waals surface area contributed by atoms with Crippen LogP contribution >= 0.6 is 0 Å². The normalized spacial score (nSPS) is 11.4. The first kappa shape index (κ1) is 25.9. The molecule has 0 saturated carbocycles. The number of ether oxygens (including phenoxy) is 3. The van der Waals surface area contributed by atoms with Crippen LogP contribution in [0.3, 0.4) is 0 Å². The molecular weight excluding hydrogens is 484 g/mol. The summed E-state index contributed by atoms with van der Waals surface area (Å²) >= 11 is 0. The molecule has 0 atom stereocenters. The summed E-state index contributed by atoms with van der Waals surface area (Å²) in [6, 6.07) is 11.9. The van der Waals surface area contributed by atoms with E-state index in [0.29, 0.717) is 16.7 Å². The minimum absolute atomic E-state index is 0.0845. The van der Waals surface area contributed by atoms with E-state index in [4.69, 9.17) is 19.3 Å². The molecule has 0 bridgehead atoms. The van der Waals surface area contributed by atoms with E-state index < -0.39 is 34.2 Å². The van der Waals surface area contributed by atoms with E-state index in [1.165, 1.54) is 57.7 Å². The Balaban J connectivity index is 1.98. The Morgan fingerprint density at radius 2 is 1.69 bits per heavy atom. The summed E-state index contributed by atoms with van der Waals surface area (Å²) in [5.74, 6) is -2.30. The molecule has 1 N–H and O–H groups in total. The van der Waals surface area contributed by atoms with Gasteiger partial charge in [-0.15, -0.1) is 0 Å². The summed E-state index contributed by atoms with van der Waals surface area (Å²) in [4.78, 5) is 10.7. The number of halogens is 2. The zero-order chi connectivity index (χ0) is 25.8. The largest absolute Gasteiger partial charge is 0.497 e. The third kappa shape index (κ3) is 6.06. The molecule has 0 aliphatic rings. The zero-order valence-corrected chi connectivity index (χ0v) is 19.9. The first-order chi connectivity index (χ1) is 16.5. The highest BCUT2D eigenvalue weighted by molar-refractivity contribution is 7.89. The van der Waals surface area contributed by atoms with E-state index >= 15 is 0 Å². The fraction of sp³-hybridized carbons (Fsp3) is 0.208. The van der Waals surface area contributed by atoms with Crippen LogP contribution in [0.5, 0.6) is 17.2 Å². The van der Waals surface area contributed by atoms with Gasteiger partial charge in [0, 0.05) is 25.2 Å². The van der Waals surface area contributed by atoms with Gasteiger partial charge in [0.1, 0.15) is 17.3 Å². The third-order valence-electron chi connectivity index (χ3n) is 5.05. The SMILES string of the molecule is COc1cc(F)cc(-c2cc(CN(C)S(=O)(=O)c3ccc(OC)c(F)c3)ccc2OCC(=O)O)c1. The summed E-state index contributed by atoms with van der Waals surface area (Å²) in [6.45, 7) is -0.745. The van der Waals surface area contributed by atoms with Crippen molar-refractivity contribution < 1.29 is 41.3 Å². The Morgan fingerprint density at radius 3 is 2.31 bits per heavy atom. The van der Waals surface area contributed by atoms with Crippen molar-refractivity contribution in [2.24, 2.45) is 0 Å². The van der Waals surface area contributed by atoms with Gasteiger partial charge in [-0.25, -0.2) is 22.0 Å². The number of carboxylic acid groups (broad SMARTS) is 1. The van der Waals surface area contributed by atoms with E-state index in [2.05, 4.69) is 0 Å². The Morgan fingerprint density at radius 1 is 0.971 bits per heavy atom. The predicted molar refractivity (Wildman–Crippen MR) is 123 cm³/mol. The van der Waals surface area contributed by atoms with Crippen LogP contribution in [0.2, 0.25) is 0 Å². The van der Waals surface area contributed by atoms with Gasteiger partial charge < -0.3 is 19.3 Å².